The Labute approximate surface area is 178 Å². The minimum absolute atomic E-state index is 0.273. The van der Waals surface area contributed by atoms with Gasteiger partial charge in [0.05, 0.1) is 17.6 Å². The number of hydrogen-bond donors (Lipinski definition) is 1. The van der Waals surface area contributed by atoms with E-state index >= 15 is 0 Å². The molecule has 0 aliphatic carbocycles. The number of aryl methyl sites for hydroxylation is 2. The number of pyridine rings is 1. The van der Waals surface area contributed by atoms with Gasteiger partial charge in [-0.2, -0.15) is 20.1 Å². The Morgan fingerprint density at radius 1 is 1.23 bits per heavy atom. The third-order valence-corrected chi connectivity index (χ3v) is 5.52. The van der Waals surface area contributed by atoms with Crippen LogP contribution in [0.25, 0.3) is 22.5 Å². The number of halogens is 1. The second-order valence-electron chi connectivity index (χ2n) is 7.59. The minimum Gasteiger partial charge on any atom is -0.482 e. The van der Waals surface area contributed by atoms with Crippen LogP contribution in [0.5, 0.6) is 5.75 Å². The third kappa shape index (κ3) is 3.22. The van der Waals surface area contributed by atoms with Crippen LogP contribution in [0.2, 0.25) is 0 Å². The number of nitrogens with zero attached hydrogens (tertiary/aromatic N) is 6. The molecule has 0 saturated heterocycles. The van der Waals surface area contributed by atoms with Crippen molar-refractivity contribution in [3.05, 3.63) is 59.3 Å². The molecule has 0 radical (unpaired) electrons. The first-order valence-electron chi connectivity index (χ1n) is 10.1. The lowest BCUT2D eigenvalue weighted by molar-refractivity contribution is 0.227. The molecule has 4 aromatic rings. The van der Waals surface area contributed by atoms with Crippen LogP contribution in [0, 0.1) is 5.82 Å². The van der Waals surface area contributed by atoms with Gasteiger partial charge in [-0.25, -0.2) is 9.37 Å². The first-order valence-corrected chi connectivity index (χ1v) is 10.1. The fourth-order valence-corrected chi connectivity index (χ4v) is 4.10. The van der Waals surface area contributed by atoms with Crippen LogP contribution in [0.15, 0.2) is 36.7 Å². The molecule has 2 bridgehead atoms. The van der Waals surface area contributed by atoms with Crippen molar-refractivity contribution in [3.8, 4) is 28.3 Å². The topological polar surface area (TPSA) is 96.7 Å². The maximum atomic E-state index is 14.2. The summed E-state index contributed by atoms with van der Waals surface area (Å²) in [5.74, 6) is 0.364. The summed E-state index contributed by atoms with van der Waals surface area (Å²) >= 11 is 0. The number of benzene rings is 1. The summed E-state index contributed by atoms with van der Waals surface area (Å²) in [5, 5.41) is 13.7. The molecule has 0 unspecified atom stereocenters. The van der Waals surface area contributed by atoms with Gasteiger partial charge in [0.1, 0.15) is 17.6 Å². The standard InChI is InChI=1S/C22H22FN7O/c1-4-30-21-13(11-26-30)7-18-20(28-29(3)27-18)16-6-5-15(23)9-17(16)12(2)31-19-8-14(21)10-25-22(19)24/h5-6,8-12H,4,7H2,1-3H3,(H2,24,25)/t12-/m1/s1. The maximum absolute atomic E-state index is 14.2. The van der Waals surface area contributed by atoms with Crippen molar-refractivity contribution in [2.75, 3.05) is 5.73 Å². The average molecular weight is 419 g/mol. The molecular weight excluding hydrogens is 397 g/mol. The van der Waals surface area contributed by atoms with Crippen LogP contribution in [-0.2, 0) is 20.0 Å². The summed E-state index contributed by atoms with van der Waals surface area (Å²) in [7, 11) is 1.78. The van der Waals surface area contributed by atoms with Crippen molar-refractivity contribution in [3.63, 3.8) is 0 Å². The molecule has 5 rings (SSSR count). The minimum atomic E-state index is -0.491. The number of anilines is 1. The van der Waals surface area contributed by atoms with E-state index < -0.39 is 6.10 Å². The van der Waals surface area contributed by atoms with Crippen molar-refractivity contribution in [2.24, 2.45) is 7.05 Å². The fraction of sp³-hybridized carbons (Fsp3) is 0.273. The van der Waals surface area contributed by atoms with Crippen molar-refractivity contribution >= 4 is 5.82 Å². The molecule has 1 aliphatic heterocycles. The van der Waals surface area contributed by atoms with Gasteiger partial charge < -0.3 is 10.5 Å². The van der Waals surface area contributed by atoms with Gasteiger partial charge in [-0.3, -0.25) is 4.68 Å². The SMILES string of the molecule is CCn1ncc2c1-c1cnc(N)c(c1)O[C@H](C)c1cc(F)ccc1-c1nn(C)nc1C2. The predicted octanol–water partition coefficient (Wildman–Crippen LogP) is 3.53. The molecule has 8 nitrogen and oxygen atoms in total. The Morgan fingerprint density at radius 3 is 2.87 bits per heavy atom. The quantitative estimate of drug-likeness (QED) is 0.507. The first kappa shape index (κ1) is 19.2. The van der Waals surface area contributed by atoms with Crippen LogP contribution in [0.4, 0.5) is 10.2 Å². The molecule has 1 aromatic carbocycles. The number of nitrogens with two attached hydrogens (primary N) is 1. The van der Waals surface area contributed by atoms with Crippen LogP contribution in [0.1, 0.15) is 36.8 Å². The van der Waals surface area contributed by atoms with Crippen molar-refractivity contribution in [1.29, 1.82) is 0 Å². The smallest absolute Gasteiger partial charge is 0.166 e. The van der Waals surface area contributed by atoms with E-state index in [0.717, 1.165) is 28.1 Å². The largest absolute Gasteiger partial charge is 0.482 e. The Balaban J connectivity index is 1.81. The zero-order valence-electron chi connectivity index (χ0n) is 17.5. The summed E-state index contributed by atoms with van der Waals surface area (Å²) in [6.45, 7) is 4.59. The lowest BCUT2D eigenvalue weighted by atomic mass is 9.96. The Bertz CT molecular complexity index is 1290. The van der Waals surface area contributed by atoms with Crippen molar-refractivity contribution < 1.29 is 9.13 Å². The highest BCUT2D eigenvalue weighted by Gasteiger charge is 2.25. The molecule has 3 aromatic heterocycles. The predicted molar refractivity (Wildman–Crippen MR) is 114 cm³/mol. The van der Waals surface area contributed by atoms with Gasteiger partial charge in [-0.15, -0.1) is 0 Å². The van der Waals surface area contributed by atoms with Gasteiger partial charge >= 0.3 is 0 Å². The molecule has 1 atom stereocenters. The van der Waals surface area contributed by atoms with Gasteiger partial charge in [0.15, 0.2) is 11.6 Å². The Kier molecular flexibility index (Phi) is 4.46. The molecule has 0 fully saturated rings. The number of ether oxygens (including phenoxy) is 1. The summed E-state index contributed by atoms with van der Waals surface area (Å²) in [6, 6.07) is 6.48. The van der Waals surface area contributed by atoms with Crippen molar-refractivity contribution in [2.45, 2.75) is 32.9 Å². The summed E-state index contributed by atoms with van der Waals surface area (Å²) < 4.78 is 22.3. The van der Waals surface area contributed by atoms with E-state index in [0.29, 0.717) is 30.0 Å². The first-order chi connectivity index (χ1) is 14.9. The van der Waals surface area contributed by atoms with E-state index in [4.69, 9.17) is 10.5 Å². The second kappa shape index (κ2) is 7.19. The highest BCUT2D eigenvalue weighted by Crippen LogP contribution is 2.37. The second-order valence-corrected chi connectivity index (χ2v) is 7.59. The van der Waals surface area contributed by atoms with Gasteiger partial charge in [-0.05, 0) is 38.1 Å². The lowest BCUT2D eigenvalue weighted by Crippen LogP contribution is -2.10. The third-order valence-electron chi connectivity index (χ3n) is 5.52. The van der Waals surface area contributed by atoms with Gasteiger partial charge in [0, 0.05) is 48.5 Å². The van der Waals surface area contributed by atoms with Gasteiger partial charge in [0.2, 0.25) is 0 Å². The number of nitrogen functional groups attached to an aromatic ring is 1. The van der Waals surface area contributed by atoms with Gasteiger partial charge in [-0.1, -0.05) is 0 Å². The zero-order valence-corrected chi connectivity index (χ0v) is 17.5. The van der Waals surface area contributed by atoms with E-state index in [9.17, 15) is 4.39 Å². The van der Waals surface area contributed by atoms with Crippen LogP contribution in [-0.4, -0.2) is 29.8 Å². The fourth-order valence-electron chi connectivity index (χ4n) is 4.10. The van der Waals surface area contributed by atoms with Crippen molar-refractivity contribution in [1.82, 2.24) is 29.8 Å². The van der Waals surface area contributed by atoms with E-state index in [2.05, 4.69) is 20.3 Å². The van der Waals surface area contributed by atoms with E-state index in [-0.39, 0.29) is 11.6 Å². The maximum Gasteiger partial charge on any atom is 0.166 e. The number of aromatic nitrogens is 6. The molecule has 4 heterocycles. The van der Waals surface area contributed by atoms with Crippen LogP contribution in [0.3, 0.4) is 0 Å². The lowest BCUT2D eigenvalue weighted by Gasteiger charge is -2.20. The van der Waals surface area contributed by atoms with Gasteiger partial charge in [0.25, 0.3) is 0 Å². The van der Waals surface area contributed by atoms with E-state index in [1.807, 2.05) is 30.8 Å². The Hall–Kier alpha value is -3.75. The molecule has 31 heavy (non-hydrogen) atoms. The number of hydrogen-bond acceptors (Lipinski definition) is 6. The molecule has 158 valence electrons. The summed E-state index contributed by atoms with van der Waals surface area (Å²) in [6.07, 6.45) is 3.59. The zero-order chi connectivity index (χ0) is 21.7. The molecule has 0 spiro atoms. The molecular formula is C22H22FN7O. The van der Waals surface area contributed by atoms with Crippen LogP contribution < -0.4 is 10.5 Å². The molecule has 2 N–H and O–H groups in total. The molecule has 9 heteroatoms. The molecule has 0 amide bonds. The van der Waals surface area contributed by atoms with Crippen LogP contribution >= 0.6 is 0 Å². The molecule has 1 aliphatic rings. The van der Waals surface area contributed by atoms with E-state index in [1.54, 1.807) is 19.3 Å². The monoisotopic (exact) mass is 419 g/mol. The Morgan fingerprint density at radius 2 is 2.06 bits per heavy atom. The number of fused-ring (bicyclic) bond motifs is 7. The molecule has 0 saturated carbocycles. The summed E-state index contributed by atoms with van der Waals surface area (Å²) in [4.78, 5) is 5.88. The highest BCUT2D eigenvalue weighted by atomic mass is 19.1. The number of rotatable bonds is 1. The average Bonchev–Trinajstić information content (AvgIpc) is 3.32. The normalized spacial score (nSPS) is 15.2. The van der Waals surface area contributed by atoms with E-state index in [1.165, 1.54) is 16.9 Å². The summed E-state index contributed by atoms with van der Waals surface area (Å²) in [5.41, 5.74) is 11.8. The highest BCUT2D eigenvalue weighted by molar-refractivity contribution is 5.71.